The number of hydrogen-bond donors (Lipinski definition) is 3. The Morgan fingerprint density at radius 3 is 2.42 bits per heavy atom. The molecule has 2 aliphatic rings. The maximum absolute atomic E-state index is 12.9. The van der Waals surface area contributed by atoms with E-state index in [0.717, 1.165) is 41.4 Å². The van der Waals surface area contributed by atoms with Crippen LogP contribution in [0.15, 0.2) is 48.7 Å². The summed E-state index contributed by atoms with van der Waals surface area (Å²) >= 11 is 0. The summed E-state index contributed by atoms with van der Waals surface area (Å²) in [6, 6.07) is 11.0. The Labute approximate surface area is 206 Å². The molecule has 0 radical (unpaired) electrons. The molecular weight excluding hydrogens is 471 g/mol. The summed E-state index contributed by atoms with van der Waals surface area (Å²) in [5.74, 6) is 0.667. The summed E-state index contributed by atoms with van der Waals surface area (Å²) in [5, 5.41) is 6.70. The molecule has 0 aliphatic heterocycles. The molecule has 190 valence electrons. The van der Waals surface area contributed by atoms with Gasteiger partial charge in [-0.3, -0.25) is 9.59 Å². The molecule has 36 heavy (non-hydrogen) atoms. The molecule has 0 bridgehead atoms. The number of fused-ring (bicyclic) bond motifs is 1. The summed E-state index contributed by atoms with van der Waals surface area (Å²) in [4.78, 5) is 27.3. The minimum atomic E-state index is -4.33. The van der Waals surface area contributed by atoms with E-state index in [4.69, 9.17) is 4.74 Å². The average molecular weight is 500 g/mol. The molecule has 1 aromatic heterocycles. The number of amides is 2. The second-order valence-corrected chi connectivity index (χ2v) is 10.3. The van der Waals surface area contributed by atoms with Crippen molar-refractivity contribution in [1.29, 1.82) is 0 Å². The van der Waals surface area contributed by atoms with Crippen molar-refractivity contribution in [1.82, 2.24) is 10.3 Å². The van der Waals surface area contributed by atoms with Gasteiger partial charge in [0.15, 0.2) is 0 Å². The highest BCUT2D eigenvalue weighted by molar-refractivity contribution is 6.04. The summed E-state index contributed by atoms with van der Waals surface area (Å²) in [6.45, 7) is 3.37. The lowest BCUT2D eigenvalue weighted by atomic mass is 9.66. The minimum absolute atomic E-state index is 0.0219. The molecule has 1 heterocycles. The Hall–Kier alpha value is -3.49. The SMILES string of the molecule is CC(=O)N[C@H]1C[C@@](C)(C(=O)Nc2c[nH]c3ccc(O[C@H]4C[C@@H](c5ccc(C(F)(F)F)cc5)C4)cc23)C1. The number of rotatable bonds is 6. The Bertz CT molecular complexity index is 1290. The van der Waals surface area contributed by atoms with Crippen LogP contribution in [0.5, 0.6) is 5.75 Å². The number of ether oxygens (including phenoxy) is 1. The zero-order chi connectivity index (χ0) is 25.7. The minimum Gasteiger partial charge on any atom is -0.490 e. The van der Waals surface area contributed by atoms with Gasteiger partial charge in [0.25, 0.3) is 0 Å². The molecule has 6 nitrogen and oxygen atoms in total. The van der Waals surface area contributed by atoms with Crippen LogP contribution in [-0.4, -0.2) is 28.9 Å². The molecule has 9 heteroatoms. The van der Waals surface area contributed by atoms with Crippen LogP contribution in [0.25, 0.3) is 10.9 Å². The molecule has 3 N–H and O–H groups in total. The summed E-state index contributed by atoms with van der Waals surface area (Å²) in [6.07, 6.45) is 0.0506. The Balaban J connectivity index is 1.19. The first-order valence-electron chi connectivity index (χ1n) is 12.0. The Kier molecular flexibility index (Phi) is 5.97. The molecule has 0 unspecified atom stereocenters. The third-order valence-corrected chi connectivity index (χ3v) is 7.36. The quantitative estimate of drug-likeness (QED) is 0.404. The number of aromatic nitrogens is 1. The third kappa shape index (κ3) is 4.79. The third-order valence-electron chi connectivity index (χ3n) is 7.36. The predicted molar refractivity (Wildman–Crippen MR) is 130 cm³/mol. The lowest BCUT2D eigenvalue weighted by molar-refractivity contribution is -0.137. The number of anilines is 1. The lowest BCUT2D eigenvalue weighted by Crippen LogP contribution is -2.54. The molecule has 2 fully saturated rings. The number of alkyl halides is 3. The average Bonchev–Trinajstić information content (AvgIpc) is 3.16. The second-order valence-electron chi connectivity index (χ2n) is 10.3. The monoisotopic (exact) mass is 499 g/mol. The van der Waals surface area contributed by atoms with Gasteiger partial charge in [0.1, 0.15) is 5.75 Å². The van der Waals surface area contributed by atoms with Gasteiger partial charge in [-0.2, -0.15) is 13.2 Å². The van der Waals surface area contributed by atoms with Crippen molar-refractivity contribution in [3.8, 4) is 5.75 Å². The largest absolute Gasteiger partial charge is 0.490 e. The highest BCUT2D eigenvalue weighted by Gasteiger charge is 2.46. The zero-order valence-corrected chi connectivity index (χ0v) is 20.0. The number of carbonyl (C=O) groups excluding carboxylic acids is 2. The molecule has 2 aliphatic carbocycles. The Morgan fingerprint density at radius 2 is 1.78 bits per heavy atom. The van der Waals surface area contributed by atoms with Gasteiger partial charge in [-0.15, -0.1) is 0 Å². The summed E-state index contributed by atoms with van der Waals surface area (Å²) < 4.78 is 44.5. The highest BCUT2D eigenvalue weighted by Crippen LogP contribution is 2.43. The van der Waals surface area contributed by atoms with Gasteiger partial charge < -0.3 is 20.4 Å². The first kappa shape index (κ1) is 24.2. The number of aromatic amines is 1. The van der Waals surface area contributed by atoms with E-state index in [1.165, 1.54) is 6.92 Å². The van der Waals surface area contributed by atoms with Gasteiger partial charge in [-0.1, -0.05) is 19.1 Å². The fourth-order valence-electron chi connectivity index (χ4n) is 5.22. The number of hydrogen-bond acceptors (Lipinski definition) is 3. The fourth-order valence-corrected chi connectivity index (χ4v) is 5.22. The number of nitrogens with one attached hydrogen (secondary N) is 3. The van der Waals surface area contributed by atoms with Crippen LogP contribution < -0.4 is 15.4 Å². The Morgan fingerprint density at radius 1 is 1.08 bits per heavy atom. The molecule has 0 spiro atoms. The van der Waals surface area contributed by atoms with Crippen molar-refractivity contribution in [3.63, 3.8) is 0 Å². The van der Waals surface area contributed by atoms with Crippen molar-refractivity contribution >= 4 is 28.4 Å². The van der Waals surface area contributed by atoms with Crippen LogP contribution in [0.3, 0.4) is 0 Å². The first-order chi connectivity index (χ1) is 17.0. The second kappa shape index (κ2) is 8.87. The van der Waals surface area contributed by atoms with Gasteiger partial charge in [0, 0.05) is 30.1 Å². The van der Waals surface area contributed by atoms with Crippen LogP contribution in [0, 0.1) is 5.41 Å². The lowest BCUT2D eigenvalue weighted by Gasteiger charge is -2.43. The van der Waals surface area contributed by atoms with E-state index in [2.05, 4.69) is 15.6 Å². The van der Waals surface area contributed by atoms with Crippen molar-refractivity contribution in [3.05, 3.63) is 59.8 Å². The van der Waals surface area contributed by atoms with E-state index in [0.29, 0.717) is 24.3 Å². The van der Waals surface area contributed by atoms with Gasteiger partial charge in [0.2, 0.25) is 11.8 Å². The molecule has 2 amide bonds. The number of halogens is 3. The van der Waals surface area contributed by atoms with Crippen molar-refractivity contribution in [2.24, 2.45) is 5.41 Å². The topological polar surface area (TPSA) is 83.2 Å². The van der Waals surface area contributed by atoms with E-state index in [1.54, 1.807) is 18.3 Å². The molecule has 0 atom stereocenters. The zero-order valence-electron chi connectivity index (χ0n) is 20.0. The van der Waals surface area contributed by atoms with E-state index in [1.807, 2.05) is 25.1 Å². The number of carbonyl (C=O) groups is 2. The predicted octanol–water partition coefficient (Wildman–Crippen LogP) is 5.76. The highest BCUT2D eigenvalue weighted by atomic mass is 19.4. The fraction of sp³-hybridized carbons (Fsp3) is 0.407. The maximum Gasteiger partial charge on any atom is 0.416 e. The van der Waals surface area contributed by atoms with Gasteiger partial charge >= 0.3 is 6.18 Å². The van der Waals surface area contributed by atoms with Crippen LogP contribution in [0.4, 0.5) is 18.9 Å². The van der Waals surface area contributed by atoms with E-state index in [9.17, 15) is 22.8 Å². The van der Waals surface area contributed by atoms with E-state index in [-0.39, 0.29) is 29.9 Å². The smallest absolute Gasteiger partial charge is 0.416 e. The molecule has 2 aromatic carbocycles. The molecule has 3 aromatic rings. The normalized spacial score (nSPS) is 25.5. The first-order valence-corrected chi connectivity index (χ1v) is 12.0. The van der Waals surface area contributed by atoms with Gasteiger partial charge in [0.05, 0.1) is 22.8 Å². The summed E-state index contributed by atoms with van der Waals surface area (Å²) in [5.41, 5.74) is 1.24. The summed E-state index contributed by atoms with van der Waals surface area (Å²) in [7, 11) is 0. The van der Waals surface area contributed by atoms with E-state index < -0.39 is 17.2 Å². The van der Waals surface area contributed by atoms with Crippen LogP contribution in [0.2, 0.25) is 0 Å². The standard InChI is InChI=1S/C27H28F3N3O3/c1-15(34)32-19-12-26(2,13-19)25(35)33-24-14-31-23-8-7-20(11-22(23)24)36-21-9-17(10-21)16-3-5-18(6-4-16)27(28,29)30/h3-8,11,14,17,19,21,31H,9-10,12-13H2,1-2H3,(H,32,34)(H,33,35)/t17-,19-,21+,26+. The van der Waals surface area contributed by atoms with Crippen LogP contribution in [-0.2, 0) is 15.8 Å². The van der Waals surface area contributed by atoms with Gasteiger partial charge in [-0.25, -0.2) is 0 Å². The van der Waals surface area contributed by atoms with Gasteiger partial charge in [-0.05, 0) is 67.5 Å². The molecule has 0 saturated heterocycles. The van der Waals surface area contributed by atoms with Crippen molar-refractivity contribution in [2.45, 2.75) is 63.8 Å². The van der Waals surface area contributed by atoms with E-state index >= 15 is 0 Å². The maximum atomic E-state index is 12.9. The van der Waals surface area contributed by atoms with Crippen molar-refractivity contribution in [2.75, 3.05) is 5.32 Å². The molecule has 5 rings (SSSR count). The van der Waals surface area contributed by atoms with Crippen LogP contribution >= 0.6 is 0 Å². The number of H-pyrrole nitrogens is 1. The van der Waals surface area contributed by atoms with Crippen molar-refractivity contribution < 1.29 is 27.5 Å². The molecule has 2 saturated carbocycles. The van der Waals surface area contributed by atoms with Crippen LogP contribution in [0.1, 0.15) is 56.6 Å². The molecular formula is C27H28F3N3O3. The number of benzene rings is 2.